The van der Waals surface area contributed by atoms with E-state index in [4.69, 9.17) is 16.3 Å². The van der Waals surface area contributed by atoms with Crippen molar-refractivity contribution in [2.75, 3.05) is 30.4 Å². The number of carbonyl (C=O) groups excluding carboxylic acids is 1. The van der Waals surface area contributed by atoms with Crippen LogP contribution >= 0.6 is 11.6 Å². The Balaban J connectivity index is 1.40. The summed E-state index contributed by atoms with van der Waals surface area (Å²) in [5.41, 5.74) is 0.591. The SMILES string of the molecule is COc1ccc(Cl)cc1NC(=O)C1CCN(c2cc(-n3ccnc3C)ncn2)CC1. The monoisotopic (exact) mass is 426 g/mol. The summed E-state index contributed by atoms with van der Waals surface area (Å²) in [5.74, 6) is 2.99. The zero-order chi connectivity index (χ0) is 21.1. The molecule has 0 saturated carbocycles. The summed E-state index contributed by atoms with van der Waals surface area (Å²) in [6, 6.07) is 7.13. The quantitative estimate of drug-likeness (QED) is 0.672. The van der Waals surface area contributed by atoms with Crippen LogP contribution in [0.15, 0.2) is 43.0 Å². The lowest BCUT2D eigenvalue weighted by Crippen LogP contribution is -2.38. The van der Waals surface area contributed by atoms with Gasteiger partial charge < -0.3 is 15.0 Å². The molecule has 0 aliphatic carbocycles. The second kappa shape index (κ2) is 8.71. The van der Waals surface area contributed by atoms with E-state index in [9.17, 15) is 4.79 Å². The molecule has 1 saturated heterocycles. The number of anilines is 2. The number of nitrogens with one attached hydrogen (secondary N) is 1. The first-order valence-electron chi connectivity index (χ1n) is 9.77. The Morgan fingerprint density at radius 2 is 1.93 bits per heavy atom. The van der Waals surface area contributed by atoms with Crippen LogP contribution in [0.3, 0.4) is 0 Å². The van der Waals surface area contributed by atoms with Crippen molar-refractivity contribution in [2.24, 2.45) is 5.92 Å². The molecule has 0 unspecified atom stereocenters. The highest BCUT2D eigenvalue weighted by molar-refractivity contribution is 6.31. The van der Waals surface area contributed by atoms with E-state index in [1.807, 2.05) is 23.8 Å². The number of hydrogen-bond donors (Lipinski definition) is 1. The number of piperidine rings is 1. The number of rotatable bonds is 5. The highest BCUT2D eigenvalue weighted by Crippen LogP contribution is 2.30. The van der Waals surface area contributed by atoms with Gasteiger partial charge in [0.15, 0.2) is 0 Å². The van der Waals surface area contributed by atoms with Gasteiger partial charge >= 0.3 is 0 Å². The van der Waals surface area contributed by atoms with Crippen LogP contribution in [0.1, 0.15) is 18.7 Å². The number of amides is 1. The van der Waals surface area contributed by atoms with E-state index in [-0.39, 0.29) is 11.8 Å². The third kappa shape index (κ3) is 4.23. The molecule has 0 bridgehead atoms. The molecular formula is C21H23ClN6O2. The molecule has 1 aliphatic rings. The molecule has 156 valence electrons. The minimum atomic E-state index is -0.0814. The summed E-state index contributed by atoms with van der Waals surface area (Å²) in [4.78, 5) is 28.0. The summed E-state index contributed by atoms with van der Waals surface area (Å²) in [6.45, 7) is 3.41. The molecule has 1 amide bonds. The van der Waals surface area contributed by atoms with Crippen LogP contribution in [0.5, 0.6) is 5.75 Å². The zero-order valence-corrected chi connectivity index (χ0v) is 17.6. The van der Waals surface area contributed by atoms with Gasteiger partial charge in [0.05, 0.1) is 12.8 Å². The second-order valence-electron chi connectivity index (χ2n) is 7.17. The highest BCUT2D eigenvalue weighted by Gasteiger charge is 2.26. The van der Waals surface area contributed by atoms with Crippen LogP contribution < -0.4 is 15.0 Å². The molecule has 3 heterocycles. The molecule has 3 aromatic rings. The zero-order valence-electron chi connectivity index (χ0n) is 16.9. The van der Waals surface area contributed by atoms with E-state index in [0.29, 0.717) is 16.5 Å². The molecule has 4 rings (SSSR count). The van der Waals surface area contributed by atoms with E-state index in [2.05, 4.69) is 25.2 Å². The van der Waals surface area contributed by atoms with Gasteiger partial charge in [0.25, 0.3) is 0 Å². The number of benzene rings is 1. The minimum Gasteiger partial charge on any atom is -0.495 e. The van der Waals surface area contributed by atoms with Crippen LogP contribution in [0.2, 0.25) is 5.02 Å². The fourth-order valence-electron chi connectivity index (χ4n) is 3.65. The number of methoxy groups -OCH3 is 1. The van der Waals surface area contributed by atoms with Crippen molar-refractivity contribution in [3.63, 3.8) is 0 Å². The molecule has 1 aliphatic heterocycles. The predicted octanol–water partition coefficient (Wildman–Crippen LogP) is 3.49. The molecule has 8 nitrogen and oxygen atoms in total. The highest BCUT2D eigenvalue weighted by atomic mass is 35.5. The number of carbonyl (C=O) groups is 1. The van der Waals surface area contributed by atoms with E-state index in [0.717, 1.165) is 43.4 Å². The van der Waals surface area contributed by atoms with Crippen LogP contribution in [0, 0.1) is 12.8 Å². The van der Waals surface area contributed by atoms with Crippen LogP contribution in [0.25, 0.3) is 5.82 Å². The molecule has 0 atom stereocenters. The first kappa shape index (κ1) is 20.2. The van der Waals surface area contributed by atoms with E-state index in [1.54, 1.807) is 37.8 Å². The minimum absolute atomic E-state index is 0.0207. The van der Waals surface area contributed by atoms with E-state index in [1.165, 1.54) is 0 Å². The number of hydrogen-bond acceptors (Lipinski definition) is 6. The molecule has 1 aromatic carbocycles. The first-order chi connectivity index (χ1) is 14.5. The normalized spacial score (nSPS) is 14.6. The Kier molecular flexibility index (Phi) is 5.85. The third-order valence-electron chi connectivity index (χ3n) is 5.32. The average molecular weight is 427 g/mol. The lowest BCUT2D eigenvalue weighted by Gasteiger charge is -2.32. The van der Waals surface area contributed by atoms with Crippen molar-refractivity contribution in [1.82, 2.24) is 19.5 Å². The lowest BCUT2D eigenvalue weighted by atomic mass is 9.95. The number of aryl methyl sites for hydroxylation is 1. The van der Waals surface area contributed by atoms with Crippen LogP contribution in [-0.4, -0.2) is 45.6 Å². The third-order valence-corrected chi connectivity index (χ3v) is 5.56. The standard InChI is InChI=1S/C21H23ClN6O2/c1-14-23-7-10-28(14)20-12-19(24-13-25-20)27-8-5-15(6-9-27)21(29)26-17-11-16(22)3-4-18(17)30-2/h3-4,7,10-13,15H,5-6,8-9H2,1-2H3,(H,26,29). The summed E-state index contributed by atoms with van der Waals surface area (Å²) in [7, 11) is 1.57. The average Bonchev–Trinajstić information content (AvgIpc) is 3.20. The Morgan fingerprint density at radius 1 is 1.17 bits per heavy atom. The molecule has 30 heavy (non-hydrogen) atoms. The lowest BCUT2D eigenvalue weighted by molar-refractivity contribution is -0.120. The predicted molar refractivity (Wildman–Crippen MR) is 115 cm³/mol. The summed E-state index contributed by atoms with van der Waals surface area (Å²) < 4.78 is 7.23. The molecule has 2 aromatic heterocycles. The van der Waals surface area contributed by atoms with Crippen molar-refractivity contribution in [1.29, 1.82) is 0 Å². The summed E-state index contributed by atoms with van der Waals surface area (Å²) in [5, 5.41) is 3.51. The van der Waals surface area contributed by atoms with Crippen LogP contribution in [0.4, 0.5) is 11.5 Å². The van der Waals surface area contributed by atoms with Crippen molar-refractivity contribution >= 4 is 29.0 Å². The van der Waals surface area contributed by atoms with Gasteiger partial charge in [0.2, 0.25) is 5.91 Å². The number of aromatic nitrogens is 4. The van der Waals surface area contributed by atoms with Gasteiger partial charge in [-0.1, -0.05) is 11.6 Å². The second-order valence-corrected chi connectivity index (χ2v) is 7.61. The maximum absolute atomic E-state index is 12.8. The van der Waals surface area contributed by atoms with Gasteiger partial charge in [-0.25, -0.2) is 15.0 Å². The number of nitrogens with zero attached hydrogens (tertiary/aromatic N) is 5. The molecular weight excluding hydrogens is 404 g/mol. The fourth-order valence-corrected chi connectivity index (χ4v) is 3.82. The van der Waals surface area contributed by atoms with Gasteiger partial charge in [0, 0.05) is 42.5 Å². The van der Waals surface area contributed by atoms with Gasteiger partial charge in [-0.3, -0.25) is 9.36 Å². The van der Waals surface area contributed by atoms with Gasteiger partial charge in [0.1, 0.15) is 29.5 Å². The Labute approximate surface area is 179 Å². The largest absolute Gasteiger partial charge is 0.495 e. The maximum atomic E-state index is 12.8. The van der Waals surface area contributed by atoms with Crippen molar-refractivity contribution in [3.05, 3.63) is 53.8 Å². The molecule has 0 radical (unpaired) electrons. The van der Waals surface area contributed by atoms with Crippen molar-refractivity contribution in [3.8, 4) is 11.6 Å². The van der Waals surface area contributed by atoms with Gasteiger partial charge in [-0.2, -0.15) is 0 Å². The fraction of sp³-hybridized carbons (Fsp3) is 0.333. The van der Waals surface area contributed by atoms with Gasteiger partial charge in [-0.05, 0) is 38.0 Å². The summed E-state index contributed by atoms with van der Waals surface area (Å²) >= 11 is 6.06. The number of halogens is 1. The smallest absolute Gasteiger partial charge is 0.227 e. The Hall–Kier alpha value is -3.13. The Morgan fingerprint density at radius 3 is 2.63 bits per heavy atom. The number of imidazole rings is 1. The first-order valence-corrected chi connectivity index (χ1v) is 10.1. The molecule has 1 N–H and O–H groups in total. The molecule has 1 fully saturated rings. The van der Waals surface area contributed by atoms with Gasteiger partial charge in [-0.15, -0.1) is 0 Å². The van der Waals surface area contributed by atoms with E-state index >= 15 is 0 Å². The Bertz CT molecular complexity index is 1050. The molecule has 9 heteroatoms. The topological polar surface area (TPSA) is 85.2 Å². The maximum Gasteiger partial charge on any atom is 0.227 e. The van der Waals surface area contributed by atoms with Crippen molar-refractivity contribution < 1.29 is 9.53 Å². The number of ether oxygens (including phenoxy) is 1. The van der Waals surface area contributed by atoms with E-state index < -0.39 is 0 Å². The molecule has 0 spiro atoms. The van der Waals surface area contributed by atoms with Crippen LogP contribution in [-0.2, 0) is 4.79 Å². The van der Waals surface area contributed by atoms with Crippen molar-refractivity contribution in [2.45, 2.75) is 19.8 Å². The summed E-state index contributed by atoms with van der Waals surface area (Å²) in [6.07, 6.45) is 6.66.